The van der Waals surface area contributed by atoms with Crippen LogP contribution in [0.3, 0.4) is 0 Å². The first-order chi connectivity index (χ1) is 12.4. The number of aryl methyl sites for hydroxylation is 1. The molecule has 1 atom stereocenters. The third kappa shape index (κ3) is 6.74. The molecule has 2 N–H and O–H groups in total. The minimum Gasteiger partial charge on any atom is -0.493 e. The van der Waals surface area contributed by atoms with Gasteiger partial charge in [-0.25, -0.2) is 4.79 Å². The van der Waals surface area contributed by atoms with Crippen LogP contribution in [0.25, 0.3) is 0 Å². The Labute approximate surface area is 153 Å². The van der Waals surface area contributed by atoms with Crippen LogP contribution in [0.2, 0.25) is 0 Å². The maximum absolute atomic E-state index is 11.9. The zero-order chi connectivity index (χ0) is 18.9. The van der Waals surface area contributed by atoms with Gasteiger partial charge in [-0.1, -0.05) is 30.5 Å². The number of rotatable bonds is 7. The molecule has 1 saturated carbocycles. The minimum atomic E-state index is -1.05. The Morgan fingerprint density at radius 1 is 1.15 bits per heavy atom. The fraction of sp³-hybridized carbons (Fsp3) is 0.526. The van der Waals surface area contributed by atoms with Gasteiger partial charge >= 0.3 is 12.0 Å². The highest BCUT2D eigenvalue weighted by atomic mass is 16.5. The van der Waals surface area contributed by atoms with Crippen molar-refractivity contribution in [1.82, 2.24) is 10.6 Å². The van der Waals surface area contributed by atoms with Crippen molar-refractivity contribution < 1.29 is 23.9 Å². The summed E-state index contributed by atoms with van der Waals surface area (Å²) in [6.45, 7) is 3.55. The van der Waals surface area contributed by atoms with Crippen molar-refractivity contribution in [1.29, 1.82) is 0 Å². The lowest BCUT2D eigenvalue weighted by molar-refractivity contribution is -0.154. The first-order valence-electron chi connectivity index (χ1n) is 8.94. The number of carbonyl (C=O) groups is 3. The summed E-state index contributed by atoms with van der Waals surface area (Å²) >= 11 is 0. The third-order valence-corrected chi connectivity index (χ3v) is 4.20. The smallest absolute Gasteiger partial charge is 0.321 e. The lowest BCUT2D eigenvalue weighted by Gasteiger charge is -2.15. The van der Waals surface area contributed by atoms with Crippen LogP contribution >= 0.6 is 0 Å². The quantitative estimate of drug-likeness (QED) is 0.727. The lowest BCUT2D eigenvalue weighted by Crippen LogP contribution is -2.47. The standard InChI is InChI=1S/C19H26N2O5/c1-13-7-9-16(10-8-13)25-12-11-17(22)26-14(2)18(23)21-19(24)20-15-5-3-4-6-15/h7-10,14-15H,3-6,11-12H2,1-2H3,(H2,20,21,23,24)/t14-/m1/s1. The van der Waals surface area contributed by atoms with Crippen molar-refractivity contribution in [2.24, 2.45) is 0 Å². The summed E-state index contributed by atoms with van der Waals surface area (Å²) in [4.78, 5) is 35.4. The topological polar surface area (TPSA) is 93.7 Å². The Balaban J connectivity index is 1.64. The highest BCUT2D eigenvalue weighted by Crippen LogP contribution is 2.17. The fourth-order valence-electron chi connectivity index (χ4n) is 2.70. The predicted octanol–water partition coefficient (Wildman–Crippen LogP) is 2.46. The van der Waals surface area contributed by atoms with Crippen molar-refractivity contribution in [2.75, 3.05) is 6.61 Å². The highest BCUT2D eigenvalue weighted by molar-refractivity contribution is 5.97. The third-order valence-electron chi connectivity index (χ3n) is 4.20. The second-order valence-electron chi connectivity index (χ2n) is 6.49. The van der Waals surface area contributed by atoms with Gasteiger partial charge in [-0.3, -0.25) is 14.9 Å². The number of imide groups is 1. The van der Waals surface area contributed by atoms with E-state index in [9.17, 15) is 14.4 Å². The van der Waals surface area contributed by atoms with Gasteiger partial charge in [0.15, 0.2) is 6.10 Å². The Kier molecular flexibility index (Phi) is 7.44. The second kappa shape index (κ2) is 9.79. The van der Waals surface area contributed by atoms with Crippen LogP contribution in [0, 0.1) is 6.92 Å². The minimum absolute atomic E-state index is 0.0137. The number of esters is 1. The Morgan fingerprint density at radius 3 is 2.46 bits per heavy atom. The van der Waals surface area contributed by atoms with Gasteiger partial charge in [0.1, 0.15) is 5.75 Å². The van der Waals surface area contributed by atoms with E-state index in [0.717, 1.165) is 31.2 Å². The number of ether oxygens (including phenoxy) is 2. The molecule has 1 aromatic rings. The van der Waals surface area contributed by atoms with Gasteiger partial charge in [-0.05, 0) is 38.8 Å². The normalized spacial score (nSPS) is 15.2. The largest absolute Gasteiger partial charge is 0.493 e. The van der Waals surface area contributed by atoms with Gasteiger partial charge in [-0.15, -0.1) is 0 Å². The van der Waals surface area contributed by atoms with Gasteiger partial charge in [0.05, 0.1) is 13.0 Å². The molecule has 1 aromatic carbocycles. The molecule has 3 amide bonds. The van der Waals surface area contributed by atoms with E-state index >= 15 is 0 Å². The van der Waals surface area contributed by atoms with Gasteiger partial charge in [-0.2, -0.15) is 0 Å². The SMILES string of the molecule is Cc1ccc(OCCC(=O)O[C@H](C)C(=O)NC(=O)NC2CCCC2)cc1. The van der Waals surface area contributed by atoms with Gasteiger partial charge in [0.25, 0.3) is 5.91 Å². The zero-order valence-electron chi connectivity index (χ0n) is 15.2. The molecule has 7 heteroatoms. The molecule has 0 bridgehead atoms. The summed E-state index contributed by atoms with van der Waals surface area (Å²) in [6.07, 6.45) is 2.98. The Bertz CT molecular complexity index is 623. The molecule has 7 nitrogen and oxygen atoms in total. The summed E-state index contributed by atoms with van der Waals surface area (Å²) in [6, 6.07) is 7.03. The first-order valence-corrected chi connectivity index (χ1v) is 8.94. The summed E-state index contributed by atoms with van der Waals surface area (Å²) in [5.41, 5.74) is 1.12. The van der Waals surface area contributed by atoms with E-state index in [1.165, 1.54) is 6.92 Å². The maximum atomic E-state index is 11.9. The average Bonchev–Trinajstić information content (AvgIpc) is 3.09. The number of carbonyl (C=O) groups excluding carboxylic acids is 3. The number of hydrogen-bond donors (Lipinski definition) is 2. The van der Waals surface area contributed by atoms with Crippen LogP contribution < -0.4 is 15.4 Å². The molecule has 0 spiro atoms. The number of hydrogen-bond acceptors (Lipinski definition) is 5. The molecule has 0 heterocycles. The average molecular weight is 362 g/mol. The maximum Gasteiger partial charge on any atom is 0.321 e. The van der Waals surface area contributed by atoms with Crippen LogP contribution in [0.1, 0.15) is 44.6 Å². The number of amides is 3. The molecule has 142 valence electrons. The van der Waals surface area contributed by atoms with E-state index < -0.39 is 24.0 Å². The summed E-state index contributed by atoms with van der Waals surface area (Å²) in [5.74, 6) is -0.540. The summed E-state index contributed by atoms with van der Waals surface area (Å²) in [5, 5.41) is 4.94. The monoisotopic (exact) mass is 362 g/mol. The van der Waals surface area contributed by atoms with Crippen molar-refractivity contribution in [2.45, 2.75) is 58.1 Å². The zero-order valence-corrected chi connectivity index (χ0v) is 15.2. The van der Waals surface area contributed by atoms with E-state index in [0.29, 0.717) is 5.75 Å². The van der Waals surface area contributed by atoms with E-state index in [-0.39, 0.29) is 19.1 Å². The molecule has 1 aliphatic carbocycles. The lowest BCUT2D eigenvalue weighted by atomic mass is 10.2. The number of urea groups is 1. The molecule has 0 aliphatic heterocycles. The number of benzene rings is 1. The molecule has 26 heavy (non-hydrogen) atoms. The van der Waals surface area contributed by atoms with E-state index in [1.54, 1.807) is 0 Å². The van der Waals surface area contributed by atoms with Crippen LogP contribution in [-0.4, -0.2) is 36.7 Å². The van der Waals surface area contributed by atoms with Gasteiger partial charge in [0.2, 0.25) is 0 Å². The van der Waals surface area contributed by atoms with Crippen molar-refractivity contribution in [3.63, 3.8) is 0 Å². The Morgan fingerprint density at radius 2 is 1.81 bits per heavy atom. The van der Waals surface area contributed by atoms with E-state index in [4.69, 9.17) is 9.47 Å². The first kappa shape index (κ1) is 19.8. The molecule has 0 saturated heterocycles. The van der Waals surface area contributed by atoms with Gasteiger partial charge in [0, 0.05) is 6.04 Å². The fourth-order valence-corrected chi connectivity index (χ4v) is 2.70. The van der Waals surface area contributed by atoms with Crippen LogP contribution in [0.15, 0.2) is 24.3 Å². The summed E-state index contributed by atoms with van der Waals surface area (Å²) < 4.78 is 10.5. The molecule has 1 fully saturated rings. The molecule has 0 aromatic heterocycles. The van der Waals surface area contributed by atoms with E-state index in [2.05, 4.69) is 10.6 Å². The summed E-state index contributed by atoms with van der Waals surface area (Å²) in [7, 11) is 0. The van der Waals surface area contributed by atoms with Crippen LogP contribution in [0.4, 0.5) is 4.79 Å². The number of nitrogens with one attached hydrogen (secondary N) is 2. The van der Waals surface area contributed by atoms with Crippen molar-refractivity contribution in [3.8, 4) is 5.75 Å². The van der Waals surface area contributed by atoms with Crippen LogP contribution in [0.5, 0.6) is 5.75 Å². The Hall–Kier alpha value is -2.57. The molecule has 2 rings (SSSR count). The predicted molar refractivity (Wildman–Crippen MR) is 95.8 cm³/mol. The van der Waals surface area contributed by atoms with Crippen molar-refractivity contribution >= 4 is 17.9 Å². The van der Waals surface area contributed by atoms with Gasteiger partial charge < -0.3 is 14.8 Å². The highest BCUT2D eigenvalue weighted by Gasteiger charge is 2.22. The molecule has 0 radical (unpaired) electrons. The van der Waals surface area contributed by atoms with E-state index in [1.807, 2.05) is 31.2 Å². The van der Waals surface area contributed by atoms with Crippen LogP contribution in [-0.2, 0) is 14.3 Å². The molecule has 0 unspecified atom stereocenters. The molecular weight excluding hydrogens is 336 g/mol. The molecule has 1 aliphatic rings. The second-order valence-corrected chi connectivity index (χ2v) is 6.49. The van der Waals surface area contributed by atoms with Crippen molar-refractivity contribution in [3.05, 3.63) is 29.8 Å². The molecular formula is C19H26N2O5.